The van der Waals surface area contributed by atoms with Gasteiger partial charge < -0.3 is 9.47 Å². The van der Waals surface area contributed by atoms with Crippen molar-refractivity contribution in [3.8, 4) is 0 Å². The second kappa shape index (κ2) is 14.1. The quantitative estimate of drug-likeness (QED) is 0.192. The second-order valence-electron chi connectivity index (χ2n) is 10.4. The number of carbonyl (C=O) groups excluding carboxylic acids is 1. The normalized spacial score (nSPS) is 11.9. The average Bonchev–Trinajstić information content (AvgIpc) is 3.39. The molecule has 0 aliphatic carbocycles. The first kappa shape index (κ1) is 30.0. The van der Waals surface area contributed by atoms with Crippen LogP contribution < -0.4 is 0 Å². The van der Waals surface area contributed by atoms with Crippen LogP contribution in [0.5, 0.6) is 0 Å². The van der Waals surface area contributed by atoms with Gasteiger partial charge in [0.05, 0.1) is 13.1 Å². The lowest BCUT2D eigenvalue weighted by Crippen LogP contribution is -2.43. The van der Waals surface area contributed by atoms with Crippen LogP contribution in [0, 0.1) is 11.7 Å². The van der Waals surface area contributed by atoms with E-state index in [1.807, 2.05) is 97.4 Å². The van der Waals surface area contributed by atoms with Gasteiger partial charge in [-0.25, -0.2) is 12.8 Å². The summed E-state index contributed by atoms with van der Waals surface area (Å²) in [7, 11) is -3.86. The molecule has 8 heteroatoms. The first-order valence-electron chi connectivity index (χ1n) is 13.6. The molecular weight excluding hydrogens is 537 g/mol. The van der Waals surface area contributed by atoms with Crippen LogP contribution in [-0.4, -0.2) is 41.2 Å². The summed E-state index contributed by atoms with van der Waals surface area (Å²) in [6, 6.07) is 29.0. The van der Waals surface area contributed by atoms with Crippen LogP contribution in [-0.2, 0) is 34.5 Å². The molecule has 4 aromatic rings. The number of carbonyl (C=O) groups is 1. The van der Waals surface area contributed by atoms with Gasteiger partial charge in [0.15, 0.2) is 0 Å². The monoisotopic (exact) mass is 573 g/mol. The van der Waals surface area contributed by atoms with Crippen molar-refractivity contribution in [2.75, 3.05) is 13.1 Å². The van der Waals surface area contributed by atoms with Crippen LogP contribution >= 0.6 is 0 Å². The maximum atomic E-state index is 13.8. The highest BCUT2D eigenvalue weighted by Crippen LogP contribution is 2.17. The van der Waals surface area contributed by atoms with Crippen LogP contribution in [0.25, 0.3) is 6.08 Å². The van der Waals surface area contributed by atoms with E-state index in [-0.39, 0.29) is 37.3 Å². The van der Waals surface area contributed by atoms with Crippen LogP contribution in [0.1, 0.15) is 36.2 Å². The van der Waals surface area contributed by atoms with Crippen molar-refractivity contribution in [2.45, 2.75) is 33.5 Å². The zero-order valence-corrected chi connectivity index (χ0v) is 24.3. The predicted molar refractivity (Wildman–Crippen MR) is 161 cm³/mol. The van der Waals surface area contributed by atoms with Gasteiger partial charge in [0.2, 0.25) is 15.9 Å². The zero-order valence-electron chi connectivity index (χ0n) is 23.4. The summed E-state index contributed by atoms with van der Waals surface area (Å²) >= 11 is 0. The van der Waals surface area contributed by atoms with Gasteiger partial charge in [-0.05, 0) is 52.9 Å². The third-order valence-corrected chi connectivity index (χ3v) is 8.06. The Labute approximate surface area is 242 Å². The van der Waals surface area contributed by atoms with Crippen LogP contribution in [0.15, 0.2) is 109 Å². The summed E-state index contributed by atoms with van der Waals surface area (Å²) in [5, 5.41) is 1.17. The van der Waals surface area contributed by atoms with Gasteiger partial charge in [-0.2, -0.15) is 4.31 Å². The molecule has 0 aliphatic heterocycles. The summed E-state index contributed by atoms with van der Waals surface area (Å²) < 4.78 is 43.5. The number of rotatable bonds is 13. The molecule has 0 bridgehead atoms. The Morgan fingerprint density at radius 3 is 2.17 bits per heavy atom. The smallest absolute Gasteiger partial charge is 0.238 e. The van der Waals surface area contributed by atoms with Crippen molar-refractivity contribution >= 4 is 22.0 Å². The molecule has 0 radical (unpaired) electrons. The number of sulfonamides is 1. The van der Waals surface area contributed by atoms with Crippen LogP contribution in [0.2, 0.25) is 0 Å². The molecular formula is C33H36FN3O3S. The van der Waals surface area contributed by atoms with E-state index in [9.17, 15) is 17.6 Å². The van der Waals surface area contributed by atoms with Gasteiger partial charge in [0.25, 0.3) is 0 Å². The molecule has 0 spiro atoms. The minimum Gasteiger partial charge on any atom is -0.345 e. The van der Waals surface area contributed by atoms with Crippen molar-refractivity contribution in [3.05, 3.63) is 137 Å². The molecule has 0 saturated heterocycles. The van der Waals surface area contributed by atoms with Crippen molar-refractivity contribution in [1.29, 1.82) is 0 Å². The third-order valence-electron chi connectivity index (χ3n) is 6.58. The minimum absolute atomic E-state index is 0.0261. The van der Waals surface area contributed by atoms with E-state index in [1.54, 1.807) is 23.1 Å². The molecule has 1 amide bonds. The molecule has 1 heterocycles. The molecule has 0 saturated carbocycles. The molecule has 4 rings (SSSR count). The molecule has 0 unspecified atom stereocenters. The fourth-order valence-electron chi connectivity index (χ4n) is 4.50. The average molecular weight is 574 g/mol. The van der Waals surface area contributed by atoms with E-state index in [2.05, 4.69) is 0 Å². The van der Waals surface area contributed by atoms with Crippen LogP contribution in [0.3, 0.4) is 0 Å². The van der Waals surface area contributed by atoms with Crippen molar-refractivity contribution in [1.82, 2.24) is 13.8 Å². The molecule has 0 aliphatic rings. The Morgan fingerprint density at radius 1 is 0.854 bits per heavy atom. The number of amides is 1. The molecule has 6 nitrogen and oxygen atoms in total. The third kappa shape index (κ3) is 8.99. The van der Waals surface area contributed by atoms with Gasteiger partial charge in [0, 0.05) is 36.9 Å². The number of aromatic nitrogens is 1. The van der Waals surface area contributed by atoms with Crippen molar-refractivity contribution in [3.63, 3.8) is 0 Å². The van der Waals surface area contributed by atoms with Gasteiger partial charge in [-0.15, -0.1) is 0 Å². The Balaban J connectivity index is 1.57. The second-order valence-corrected chi connectivity index (χ2v) is 12.3. The molecule has 1 aromatic heterocycles. The predicted octanol–water partition coefficient (Wildman–Crippen LogP) is 6.16. The Bertz CT molecular complexity index is 1530. The fourth-order valence-corrected chi connectivity index (χ4v) is 5.79. The molecule has 0 fully saturated rings. The summed E-state index contributed by atoms with van der Waals surface area (Å²) in [4.78, 5) is 15.5. The molecule has 3 aromatic carbocycles. The number of halogens is 1. The minimum atomic E-state index is -3.86. The molecule has 214 valence electrons. The number of nitrogens with zero attached hydrogens (tertiary/aromatic N) is 3. The number of hydrogen-bond acceptors (Lipinski definition) is 3. The fraction of sp³-hybridized carbons (Fsp3) is 0.242. The summed E-state index contributed by atoms with van der Waals surface area (Å²) in [6.07, 6.45) is 3.48. The summed E-state index contributed by atoms with van der Waals surface area (Å²) in [5.74, 6) is -0.556. The van der Waals surface area contributed by atoms with Crippen molar-refractivity contribution in [2.24, 2.45) is 5.92 Å². The largest absolute Gasteiger partial charge is 0.345 e. The lowest BCUT2D eigenvalue weighted by molar-refractivity contribution is -0.132. The van der Waals surface area contributed by atoms with Gasteiger partial charge in [0.1, 0.15) is 5.82 Å². The van der Waals surface area contributed by atoms with E-state index >= 15 is 0 Å². The maximum Gasteiger partial charge on any atom is 0.238 e. The first-order chi connectivity index (χ1) is 19.7. The van der Waals surface area contributed by atoms with E-state index < -0.39 is 10.0 Å². The van der Waals surface area contributed by atoms with Gasteiger partial charge in [-0.1, -0.05) is 86.6 Å². The lowest BCUT2D eigenvalue weighted by atomic mass is 10.2. The topological polar surface area (TPSA) is 62.6 Å². The Hall–Kier alpha value is -4.01. The van der Waals surface area contributed by atoms with Crippen molar-refractivity contribution < 1.29 is 17.6 Å². The molecule has 0 N–H and O–H groups in total. The van der Waals surface area contributed by atoms with Gasteiger partial charge in [-0.3, -0.25) is 4.79 Å². The first-order valence-corrected chi connectivity index (χ1v) is 15.1. The van der Waals surface area contributed by atoms with E-state index in [0.29, 0.717) is 13.1 Å². The highest BCUT2D eigenvalue weighted by molar-refractivity contribution is 7.92. The van der Waals surface area contributed by atoms with Gasteiger partial charge >= 0.3 is 0 Å². The van der Waals surface area contributed by atoms with E-state index in [4.69, 9.17) is 0 Å². The lowest BCUT2D eigenvalue weighted by Gasteiger charge is -2.28. The van der Waals surface area contributed by atoms with E-state index in [1.165, 1.54) is 21.8 Å². The SMILES string of the molecule is CC(C)CN(CC(=O)N(Cc1ccccc1)Cc1cccn1Cc1ccc(F)cc1)S(=O)(=O)/C=C/c1ccccc1. The Kier molecular flexibility index (Phi) is 10.3. The molecule has 41 heavy (non-hydrogen) atoms. The van der Waals surface area contributed by atoms with E-state index in [0.717, 1.165) is 22.4 Å². The summed E-state index contributed by atoms with van der Waals surface area (Å²) in [5.41, 5.74) is 3.53. The number of benzene rings is 3. The zero-order chi connectivity index (χ0) is 29.2. The highest BCUT2D eigenvalue weighted by Gasteiger charge is 2.26. The Morgan fingerprint density at radius 2 is 1.51 bits per heavy atom. The summed E-state index contributed by atoms with van der Waals surface area (Å²) in [6.45, 7) is 4.94. The maximum absolute atomic E-state index is 13.8. The molecule has 0 atom stereocenters. The standard InChI is InChI=1S/C33H36FN3O3S/c1-27(2)22-37(41(39,40)21-19-28-10-5-3-6-11-28)26-33(38)36(24-29-12-7-4-8-13-29)25-32-14-9-20-35(32)23-30-15-17-31(34)18-16-30/h3-21,27H,22-26H2,1-2H3/b21-19+. The highest BCUT2D eigenvalue weighted by atomic mass is 32.2. The number of hydrogen-bond donors (Lipinski definition) is 0. The van der Waals surface area contributed by atoms with Crippen LogP contribution in [0.4, 0.5) is 4.39 Å².